The highest BCUT2D eigenvalue weighted by Crippen LogP contribution is 2.23. The maximum Gasteiger partial charge on any atom is 0.0762 e. The molecule has 3 rings (SSSR count). The molecule has 0 fully saturated rings. The lowest BCUT2D eigenvalue weighted by molar-refractivity contribution is 0.199. The molecule has 4 heteroatoms. The van der Waals surface area contributed by atoms with Crippen molar-refractivity contribution in [2.24, 2.45) is 0 Å². The minimum absolute atomic E-state index is 0.441. The number of rotatable bonds is 2. The largest absolute Gasteiger partial charge is 0.389 e. The summed E-state index contributed by atoms with van der Waals surface area (Å²) in [5.41, 5.74) is 3.06. The summed E-state index contributed by atoms with van der Waals surface area (Å²) < 4.78 is 1.91. The van der Waals surface area contributed by atoms with Gasteiger partial charge in [-0.15, -0.1) is 0 Å². The Balaban J connectivity index is 2.18. The normalized spacial score (nSPS) is 13.1. The van der Waals surface area contributed by atoms with Crippen LogP contribution < -0.4 is 0 Å². The van der Waals surface area contributed by atoms with E-state index in [1.807, 2.05) is 40.5 Å². The first-order valence-electron chi connectivity index (χ1n) is 5.44. The number of thiophene rings is 1. The molecular weight excluding hydrogens is 232 g/mol. The van der Waals surface area contributed by atoms with Crippen molar-refractivity contribution >= 4 is 22.2 Å². The Bertz CT molecular complexity index is 641. The number of aromatic nitrogens is 2. The van der Waals surface area contributed by atoms with Gasteiger partial charge in [-0.1, -0.05) is 6.07 Å². The van der Waals surface area contributed by atoms with E-state index in [0.717, 1.165) is 22.2 Å². The Morgan fingerprint density at radius 1 is 1.35 bits per heavy atom. The summed E-state index contributed by atoms with van der Waals surface area (Å²) in [5.74, 6) is 0. The molecule has 17 heavy (non-hydrogen) atoms. The van der Waals surface area contributed by atoms with Crippen LogP contribution in [0.1, 0.15) is 18.6 Å². The number of benzene rings is 1. The van der Waals surface area contributed by atoms with E-state index < -0.39 is 6.10 Å². The van der Waals surface area contributed by atoms with E-state index >= 15 is 0 Å². The zero-order valence-electron chi connectivity index (χ0n) is 9.37. The van der Waals surface area contributed by atoms with E-state index in [1.165, 1.54) is 0 Å². The second-order valence-corrected chi connectivity index (χ2v) is 4.81. The van der Waals surface area contributed by atoms with Gasteiger partial charge in [-0.25, -0.2) is 4.68 Å². The van der Waals surface area contributed by atoms with Crippen LogP contribution in [-0.4, -0.2) is 14.9 Å². The summed E-state index contributed by atoms with van der Waals surface area (Å²) in [6.45, 7) is 1.77. The fourth-order valence-corrected chi connectivity index (χ4v) is 2.51. The summed E-state index contributed by atoms with van der Waals surface area (Å²) in [6.07, 6.45) is 1.39. The van der Waals surface area contributed by atoms with E-state index in [9.17, 15) is 5.11 Å². The van der Waals surface area contributed by atoms with Crippen LogP contribution in [0.4, 0.5) is 0 Å². The van der Waals surface area contributed by atoms with E-state index in [-0.39, 0.29) is 0 Å². The standard InChI is InChI=1S/C13H12N2OS/c1-9(16)10-2-3-13-11(6-10)7-14-15(13)12-4-5-17-8-12/h2-9,16H,1H3. The third kappa shape index (κ3) is 1.75. The predicted octanol–water partition coefficient (Wildman–Crippen LogP) is 3.14. The number of fused-ring (bicyclic) bond motifs is 1. The Hall–Kier alpha value is -1.65. The lowest BCUT2D eigenvalue weighted by Gasteiger charge is -2.05. The topological polar surface area (TPSA) is 38.1 Å². The molecule has 1 unspecified atom stereocenters. The van der Waals surface area contributed by atoms with Gasteiger partial charge in [0.15, 0.2) is 0 Å². The van der Waals surface area contributed by atoms with Gasteiger partial charge in [0.25, 0.3) is 0 Å². The van der Waals surface area contributed by atoms with Crippen LogP contribution >= 0.6 is 11.3 Å². The molecule has 0 saturated heterocycles. The fourth-order valence-electron chi connectivity index (χ4n) is 1.89. The average Bonchev–Trinajstić information content (AvgIpc) is 2.96. The first-order valence-corrected chi connectivity index (χ1v) is 6.38. The second kappa shape index (κ2) is 3.98. The van der Waals surface area contributed by atoms with E-state index in [4.69, 9.17) is 0 Å². The molecule has 0 aliphatic carbocycles. The van der Waals surface area contributed by atoms with Crippen LogP contribution in [0.3, 0.4) is 0 Å². The molecule has 3 nitrogen and oxygen atoms in total. The summed E-state index contributed by atoms with van der Waals surface area (Å²) in [4.78, 5) is 0. The molecule has 0 aliphatic rings. The predicted molar refractivity (Wildman–Crippen MR) is 69.6 cm³/mol. The Labute approximate surface area is 103 Å². The van der Waals surface area contributed by atoms with Crippen molar-refractivity contribution < 1.29 is 5.11 Å². The van der Waals surface area contributed by atoms with Crippen LogP contribution in [0.2, 0.25) is 0 Å². The van der Waals surface area contributed by atoms with Crippen molar-refractivity contribution in [3.8, 4) is 5.69 Å². The smallest absolute Gasteiger partial charge is 0.0762 e. The molecule has 3 aromatic rings. The van der Waals surface area contributed by atoms with Crippen molar-refractivity contribution in [1.82, 2.24) is 9.78 Å². The highest BCUT2D eigenvalue weighted by atomic mass is 32.1. The molecule has 0 saturated carbocycles. The first kappa shape index (κ1) is 10.5. The number of nitrogens with zero attached hydrogens (tertiary/aromatic N) is 2. The first-order chi connectivity index (χ1) is 8.25. The highest BCUT2D eigenvalue weighted by molar-refractivity contribution is 7.08. The number of hydrogen-bond acceptors (Lipinski definition) is 3. The Morgan fingerprint density at radius 3 is 2.94 bits per heavy atom. The third-order valence-electron chi connectivity index (χ3n) is 2.83. The summed E-state index contributed by atoms with van der Waals surface area (Å²) in [5, 5.41) is 19.1. The van der Waals surface area contributed by atoms with E-state index in [2.05, 4.69) is 10.5 Å². The van der Waals surface area contributed by atoms with Gasteiger partial charge in [0, 0.05) is 10.8 Å². The van der Waals surface area contributed by atoms with Crippen LogP contribution in [0.15, 0.2) is 41.2 Å². The van der Waals surface area contributed by atoms with Gasteiger partial charge in [0.1, 0.15) is 0 Å². The molecule has 2 heterocycles. The van der Waals surface area contributed by atoms with Crippen molar-refractivity contribution in [3.63, 3.8) is 0 Å². The number of aliphatic hydroxyl groups excluding tert-OH is 1. The fraction of sp³-hybridized carbons (Fsp3) is 0.154. The Morgan fingerprint density at radius 2 is 2.24 bits per heavy atom. The number of aliphatic hydroxyl groups is 1. The maximum absolute atomic E-state index is 9.55. The van der Waals surface area contributed by atoms with Crippen molar-refractivity contribution in [2.75, 3.05) is 0 Å². The third-order valence-corrected chi connectivity index (χ3v) is 3.50. The molecule has 2 aromatic heterocycles. The molecule has 0 aliphatic heterocycles. The van der Waals surface area contributed by atoms with Gasteiger partial charge >= 0.3 is 0 Å². The lowest BCUT2D eigenvalue weighted by Crippen LogP contribution is -1.94. The minimum Gasteiger partial charge on any atom is -0.389 e. The van der Waals surface area contributed by atoms with Gasteiger partial charge in [0.05, 0.1) is 23.5 Å². The summed E-state index contributed by atoms with van der Waals surface area (Å²) in [6, 6.07) is 7.97. The van der Waals surface area contributed by atoms with Crippen LogP contribution in [0.25, 0.3) is 16.6 Å². The molecule has 0 amide bonds. The van der Waals surface area contributed by atoms with E-state index in [1.54, 1.807) is 18.3 Å². The van der Waals surface area contributed by atoms with Crippen molar-refractivity contribution in [2.45, 2.75) is 13.0 Å². The lowest BCUT2D eigenvalue weighted by atomic mass is 10.1. The van der Waals surface area contributed by atoms with Gasteiger partial charge in [0.2, 0.25) is 0 Å². The highest BCUT2D eigenvalue weighted by Gasteiger charge is 2.07. The van der Waals surface area contributed by atoms with E-state index in [0.29, 0.717) is 0 Å². The molecule has 0 bridgehead atoms. The molecule has 0 spiro atoms. The molecule has 86 valence electrons. The van der Waals surface area contributed by atoms with Crippen molar-refractivity contribution in [1.29, 1.82) is 0 Å². The van der Waals surface area contributed by atoms with Crippen LogP contribution in [0.5, 0.6) is 0 Å². The zero-order chi connectivity index (χ0) is 11.8. The van der Waals surface area contributed by atoms with Crippen LogP contribution in [-0.2, 0) is 0 Å². The van der Waals surface area contributed by atoms with Gasteiger partial charge in [-0.2, -0.15) is 16.4 Å². The SMILES string of the molecule is CC(O)c1ccc2c(cnn2-c2ccsc2)c1. The van der Waals surface area contributed by atoms with Gasteiger partial charge in [-0.05, 0) is 36.1 Å². The Kier molecular flexibility index (Phi) is 2.46. The van der Waals surface area contributed by atoms with Gasteiger partial charge < -0.3 is 5.11 Å². The molecule has 1 N–H and O–H groups in total. The summed E-state index contributed by atoms with van der Waals surface area (Å²) in [7, 11) is 0. The van der Waals surface area contributed by atoms with Crippen LogP contribution in [0, 0.1) is 0 Å². The minimum atomic E-state index is -0.441. The molecule has 0 radical (unpaired) electrons. The summed E-state index contributed by atoms with van der Waals surface area (Å²) >= 11 is 1.65. The molecular formula is C13H12N2OS. The van der Waals surface area contributed by atoms with Crippen molar-refractivity contribution in [3.05, 3.63) is 46.8 Å². The zero-order valence-corrected chi connectivity index (χ0v) is 10.2. The quantitative estimate of drug-likeness (QED) is 0.752. The second-order valence-electron chi connectivity index (χ2n) is 4.03. The average molecular weight is 244 g/mol. The maximum atomic E-state index is 9.55. The number of hydrogen-bond donors (Lipinski definition) is 1. The molecule has 1 aromatic carbocycles. The monoisotopic (exact) mass is 244 g/mol. The van der Waals surface area contributed by atoms with Gasteiger partial charge in [-0.3, -0.25) is 0 Å². The molecule has 1 atom stereocenters.